The highest BCUT2D eigenvalue weighted by Crippen LogP contribution is 2.27. The molecule has 0 rings (SSSR count). The molecule has 0 saturated carbocycles. The molecular formula is C18H34O2Si2. The SMILES string of the molecule is CC#C[C@@H](C)[C@H](O[SiH](C)C)C(C)[C@H](O[SiH](C)C)[C@H](C)C#CC. The van der Waals surface area contributed by atoms with E-state index in [0.29, 0.717) is 0 Å². The molecule has 22 heavy (non-hydrogen) atoms. The summed E-state index contributed by atoms with van der Waals surface area (Å²) in [6.07, 6.45) is 0.246. The summed E-state index contributed by atoms with van der Waals surface area (Å²) in [6, 6.07) is 0. The molecule has 2 nitrogen and oxygen atoms in total. The van der Waals surface area contributed by atoms with E-state index in [2.05, 4.69) is 70.6 Å². The Morgan fingerprint density at radius 3 is 1.23 bits per heavy atom. The predicted octanol–water partition coefficient (Wildman–Crippen LogP) is 3.68. The van der Waals surface area contributed by atoms with E-state index in [1.54, 1.807) is 0 Å². The monoisotopic (exact) mass is 338 g/mol. The number of hydrogen-bond acceptors (Lipinski definition) is 2. The summed E-state index contributed by atoms with van der Waals surface area (Å²) in [6.45, 7) is 19.2. The summed E-state index contributed by atoms with van der Waals surface area (Å²) in [5.74, 6) is 13.4. The van der Waals surface area contributed by atoms with Crippen molar-refractivity contribution >= 4 is 18.1 Å². The van der Waals surface area contributed by atoms with Crippen molar-refractivity contribution in [3.63, 3.8) is 0 Å². The van der Waals surface area contributed by atoms with E-state index in [4.69, 9.17) is 8.85 Å². The van der Waals surface area contributed by atoms with Gasteiger partial charge in [0.1, 0.15) is 0 Å². The summed E-state index contributed by atoms with van der Waals surface area (Å²) < 4.78 is 12.7. The largest absolute Gasteiger partial charge is 0.416 e. The maximum atomic E-state index is 6.34. The van der Waals surface area contributed by atoms with Gasteiger partial charge in [-0.25, -0.2) is 0 Å². The van der Waals surface area contributed by atoms with Gasteiger partial charge in [0.2, 0.25) is 0 Å². The minimum absolute atomic E-state index is 0.123. The molecule has 1 unspecified atom stereocenters. The van der Waals surface area contributed by atoms with Crippen LogP contribution in [0.5, 0.6) is 0 Å². The summed E-state index contributed by atoms with van der Waals surface area (Å²) in [5.41, 5.74) is 0. The molecule has 0 aromatic carbocycles. The van der Waals surface area contributed by atoms with Gasteiger partial charge < -0.3 is 8.85 Å². The van der Waals surface area contributed by atoms with Gasteiger partial charge >= 0.3 is 0 Å². The highest BCUT2D eigenvalue weighted by Gasteiger charge is 2.34. The number of rotatable bonds is 8. The van der Waals surface area contributed by atoms with Gasteiger partial charge in [-0.2, -0.15) is 0 Å². The van der Waals surface area contributed by atoms with Crippen LogP contribution in [0.4, 0.5) is 0 Å². The minimum atomic E-state index is -1.14. The molecule has 0 amide bonds. The Bertz CT molecular complexity index is 386. The summed E-state index contributed by atoms with van der Waals surface area (Å²) in [5, 5.41) is 0. The summed E-state index contributed by atoms with van der Waals surface area (Å²) in [4.78, 5) is 0. The zero-order valence-electron chi connectivity index (χ0n) is 15.9. The van der Waals surface area contributed by atoms with Crippen LogP contribution in [0.25, 0.3) is 0 Å². The molecule has 0 radical (unpaired) electrons. The molecule has 0 heterocycles. The molecule has 126 valence electrons. The zero-order chi connectivity index (χ0) is 17.3. The molecular weight excluding hydrogens is 304 g/mol. The van der Waals surface area contributed by atoms with Crippen molar-refractivity contribution in [3.05, 3.63) is 0 Å². The lowest BCUT2D eigenvalue weighted by atomic mass is 9.84. The van der Waals surface area contributed by atoms with Crippen molar-refractivity contribution in [1.82, 2.24) is 0 Å². The first kappa shape index (κ1) is 21.5. The fourth-order valence-corrected chi connectivity index (χ4v) is 5.05. The van der Waals surface area contributed by atoms with Crippen LogP contribution in [-0.2, 0) is 8.85 Å². The second kappa shape index (κ2) is 11.1. The second-order valence-corrected chi connectivity index (χ2v) is 11.3. The Labute approximate surface area is 141 Å². The molecule has 4 heteroatoms. The average Bonchev–Trinajstić information content (AvgIpc) is 2.41. The van der Waals surface area contributed by atoms with Gasteiger partial charge in [-0.1, -0.05) is 18.8 Å². The van der Waals surface area contributed by atoms with E-state index in [1.165, 1.54) is 0 Å². The second-order valence-electron chi connectivity index (χ2n) is 6.52. The highest BCUT2D eigenvalue weighted by atomic mass is 28.3. The molecule has 0 fully saturated rings. The van der Waals surface area contributed by atoms with Crippen LogP contribution in [0.1, 0.15) is 34.6 Å². The van der Waals surface area contributed by atoms with Crippen LogP contribution < -0.4 is 0 Å². The van der Waals surface area contributed by atoms with E-state index in [0.717, 1.165) is 0 Å². The van der Waals surface area contributed by atoms with Crippen LogP contribution in [0.2, 0.25) is 26.2 Å². The van der Waals surface area contributed by atoms with E-state index < -0.39 is 18.1 Å². The lowest BCUT2D eigenvalue weighted by Gasteiger charge is -2.37. The Morgan fingerprint density at radius 2 is 1.00 bits per heavy atom. The molecule has 0 aliphatic carbocycles. The average molecular weight is 339 g/mol. The maximum absolute atomic E-state index is 6.34. The molecule has 0 aromatic rings. The van der Waals surface area contributed by atoms with Crippen LogP contribution >= 0.6 is 0 Å². The van der Waals surface area contributed by atoms with Crippen LogP contribution in [-0.4, -0.2) is 30.3 Å². The topological polar surface area (TPSA) is 18.5 Å². The van der Waals surface area contributed by atoms with Gasteiger partial charge in [-0.05, 0) is 53.9 Å². The molecule has 0 spiro atoms. The van der Waals surface area contributed by atoms with Crippen LogP contribution in [0.3, 0.4) is 0 Å². The molecule has 0 bridgehead atoms. The Hall–Kier alpha value is -0.526. The van der Waals surface area contributed by atoms with Crippen LogP contribution in [0, 0.1) is 41.4 Å². The molecule has 0 aliphatic rings. The van der Waals surface area contributed by atoms with Crippen molar-refractivity contribution in [2.75, 3.05) is 0 Å². The fraction of sp³-hybridized carbons (Fsp3) is 0.778. The van der Waals surface area contributed by atoms with E-state index in [-0.39, 0.29) is 30.0 Å². The van der Waals surface area contributed by atoms with E-state index in [1.807, 2.05) is 13.8 Å². The fourth-order valence-electron chi connectivity index (χ4n) is 2.83. The van der Waals surface area contributed by atoms with E-state index in [9.17, 15) is 0 Å². The quantitative estimate of drug-likeness (QED) is 0.496. The van der Waals surface area contributed by atoms with Crippen molar-refractivity contribution in [2.45, 2.75) is 73.0 Å². The zero-order valence-corrected chi connectivity index (χ0v) is 18.2. The van der Waals surface area contributed by atoms with Crippen molar-refractivity contribution < 1.29 is 8.85 Å². The highest BCUT2D eigenvalue weighted by molar-refractivity contribution is 6.48. The minimum Gasteiger partial charge on any atom is -0.416 e. The first-order valence-electron chi connectivity index (χ1n) is 8.39. The third-order valence-electron chi connectivity index (χ3n) is 3.62. The van der Waals surface area contributed by atoms with Gasteiger partial charge in [-0.3, -0.25) is 0 Å². The molecule has 0 N–H and O–H groups in total. The lowest BCUT2D eigenvalue weighted by Crippen LogP contribution is -2.43. The third-order valence-corrected chi connectivity index (χ3v) is 5.34. The molecule has 5 atom stereocenters. The van der Waals surface area contributed by atoms with Crippen molar-refractivity contribution in [3.8, 4) is 23.7 Å². The standard InChI is InChI=1S/C18H34O2Si2/c1-10-12-14(3)17(19-21(6)7)16(5)18(20-22(8)9)15(4)13-11-2/h14-18,21-22H,1-9H3/t14-,15-,16?,17-,18+/m1/s1. The third kappa shape index (κ3) is 7.65. The van der Waals surface area contributed by atoms with Crippen molar-refractivity contribution in [2.24, 2.45) is 17.8 Å². The van der Waals surface area contributed by atoms with Gasteiger partial charge in [0, 0.05) is 17.8 Å². The number of hydrogen-bond donors (Lipinski definition) is 0. The molecule has 0 saturated heterocycles. The van der Waals surface area contributed by atoms with Gasteiger partial charge in [0.05, 0.1) is 12.2 Å². The molecule has 0 aromatic heterocycles. The van der Waals surface area contributed by atoms with Crippen LogP contribution in [0.15, 0.2) is 0 Å². The Kier molecular flexibility index (Phi) is 10.8. The first-order valence-corrected chi connectivity index (χ1v) is 14.0. The van der Waals surface area contributed by atoms with Crippen molar-refractivity contribution in [1.29, 1.82) is 0 Å². The lowest BCUT2D eigenvalue weighted by molar-refractivity contribution is 0.0172. The first-order chi connectivity index (χ1) is 10.2. The van der Waals surface area contributed by atoms with E-state index >= 15 is 0 Å². The molecule has 0 aliphatic heterocycles. The normalized spacial score (nSPS) is 17.8. The van der Waals surface area contributed by atoms with Gasteiger partial charge in [0.15, 0.2) is 18.1 Å². The smallest absolute Gasteiger partial charge is 0.171 e. The Morgan fingerprint density at radius 1 is 0.682 bits per heavy atom. The summed E-state index contributed by atoms with van der Waals surface area (Å²) in [7, 11) is -2.28. The summed E-state index contributed by atoms with van der Waals surface area (Å²) >= 11 is 0. The van der Waals surface area contributed by atoms with Gasteiger partial charge in [-0.15, -0.1) is 11.8 Å². The Balaban J connectivity index is 5.40. The van der Waals surface area contributed by atoms with Gasteiger partial charge in [0.25, 0.3) is 0 Å². The maximum Gasteiger partial charge on any atom is 0.171 e. The predicted molar refractivity (Wildman–Crippen MR) is 102 cm³/mol.